The highest BCUT2D eigenvalue weighted by atomic mass is 35.5. The number of nitrogens with zero attached hydrogens (tertiary/aromatic N) is 3. The van der Waals surface area contributed by atoms with Gasteiger partial charge in [-0.05, 0) is 37.4 Å². The van der Waals surface area contributed by atoms with E-state index in [0.29, 0.717) is 0 Å². The lowest BCUT2D eigenvalue weighted by atomic mass is 10.3. The molecule has 0 amide bonds. The highest BCUT2D eigenvalue weighted by molar-refractivity contribution is 7.98. The monoisotopic (exact) mass is 253 g/mol. The maximum atomic E-state index is 5.93. The van der Waals surface area contributed by atoms with Gasteiger partial charge in [-0.25, -0.2) is 4.68 Å². The van der Waals surface area contributed by atoms with E-state index in [1.807, 2.05) is 25.3 Å². The van der Waals surface area contributed by atoms with E-state index in [-0.39, 0.29) is 5.38 Å². The fourth-order valence-electron chi connectivity index (χ4n) is 1.32. The van der Waals surface area contributed by atoms with E-state index in [2.05, 4.69) is 28.7 Å². The molecule has 0 aliphatic heterocycles. The van der Waals surface area contributed by atoms with E-state index >= 15 is 0 Å². The van der Waals surface area contributed by atoms with Gasteiger partial charge in [0.25, 0.3) is 0 Å². The molecule has 1 aromatic heterocycles. The SMILES string of the molecule is CSc1ccc(-n2cc(C(C)Cl)nn2)cc1. The van der Waals surface area contributed by atoms with Gasteiger partial charge in [-0.1, -0.05) is 5.21 Å². The summed E-state index contributed by atoms with van der Waals surface area (Å²) in [6.07, 6.45) is 3.91. The summed E-state index contributed by atoms with van der Waals surface area (Å²) in [6.45, 7) is 1.88. The van der Waals surface area contributed by atoms with Crippen LogP contribution in [0.3, 0.4) is 0 Å². The number of rotatable bonds is 3. The Labute approximate surface area is 104 Å². The number of aromatic nitrogens is 3. The molecule has 0 aliphatic carbocycles. The summed E-state index contributed by atoms with van der Waals surface area (Å²) >= 11 is 7.65. The molecule has 0 saturated carbocycles. The van der Waals surface area contributed by atoms with E-state index < -0.39 is 0 Å². The summed E-state index contributed by atoms with van der Waals surface area (Å²) in [6, 6.07) is 8.16. The normalized spacial score (nSPS) is 12.7. The molecule has 2 rings (SSSR count). The molecule has 2 aromatic rings. The molecule has 3 nitrogen and oxygen atoms in total. The minimum atomic E-state index is -0.112. The van der Waals surface area contributed by atoms with Crippen LogP contribution in [0.1, 0.15) is 18.0 Å². The van der Waals surface area contributed by atoms with Crippen LogP contribution in [0.2, 0.25) is 0 Å². The van der Waals surface area contributed by atoms with Crippen molar-refractivity contribution in [3.8, 4) is 5.69 Å². The molecule has 0 fully saturated rings. The molecule has 1 aromatic carbocycles. The standard InChI is InChI=1S/C11H12ClN3S/c1-8(12)11-7-15(14-13-11)9-3-5-10(16-2)6-4-9/h3-8H,1-2H3. The third-order valence-electron chi connectivity index (χ3n) is 2.26. The maximum Gasteiger partial charge on any atom is 0.101 e. The van der Waals surface area contributed by atoms with Gasteiger partial charge < -0.3 is 0 Å². The highest BCUT2D eigenvalue weighted by Gasteiger charge is 2.07. The Bertz CT molecular complexity index is 464. The van der Waals surface area contributed by atoms with Crippen molar-refractivity contribution in [1.29, 1.82) is 0 Å². The van der Waals surface area contributed by atoms with Crippen molar-refractivity contribution in [3.05, 3.63) is 36.2 Å². The average molecular weight is 254 g/mol. The quantitative estimate of drug-likeness (QED) is 0.621. The first-order valence-electron chi connectivity index (χ1n) is 4.91. The first-order valence-corrected chi connectivity index (χ1v) is 6.57. The smallest absolute Gasteiger partial charge is 0.101 e. The van der Waals surface area contributed by atoms with Crippen LogP contribution in [0.5, 0.6) is 0 Å². The Morgan fingerprint density at radius 3 is 2.50 bits per heavy atom. The predicted octanol–water partition coefficient (Wildman–Crippen LogP) is 3.29. The summed E-state index contributed by atoms with van der Waals surface area (Å²) in [5.41, 5.74) is 1.78. The number of hydrogen-bond acceptors (Lipinski definition) is 3. The molecule has 1 heterocycles. The molecule has 0 bridgehead atoms. The number of hydrogen-bond donors (Lipinski definition) is 0. The van der Waals surface area contributed by atoms with Crippen molar-refractivity contribution in [2.45, 2.75) is 17.2 Å². The maximum absolute atomic E-state index is 5.93. The minimum Gasteiger partial charge on any atom is -0.220 e. The fourth-order valence-corrected chi connectivity index (χ4v) is 1.83. The number of benzene rings is 1. The van der Waals surface area contributed by atoms with E-state index in [1.54, 1.807) is 16.4 Å². The van der Waals surface area contributed by atoms with Gasteiger partial charge in [-0.15, -0.1) is 28.5 Å². The molecular formula is C11H12ClN3S. The molecule has 16 heavy (non-hydrogen) atoms. The van der Waals surface area contributed by atoms with Crippen molar-refractivity contribution >= 4 is 23.4 Å². The van der Waals surface area contributed by atoms with Gasteiger partial charge in [0.15, 0.2) is 0 Å². The van der Waals surface area contributed by atoms with Crippen molar-refractivity contribution in [3.63, 3.8) is 0 Å². The average Bonchev–Trinajstić information content (AvgIpc) is 2.78. The molecule has 1 atom stereocenters. The first-order chi connectivity index (χ1) is 7.70. The van der Waals surface area contributed by atoms with Crippen LogP contribution in [0.25, 0.3) is 5.69 Å². The highest BCUT2D eigenvalue weighted by Crippen LogP contribution is 2.19. The first kappa shape index (κ1) is 11.5. The van der Waals surface area contributed by atoms with Crippen LogP contribution in [-0.4, -0.2) is 21.2 Å². The zero-order valence-corrected chi connectivity index (χ0v) is 10.7. The number of halogens is 1. The Kier molecular flexibility index (Phi) is 3.51. The Balaban J connectivity index is 2.28. The molecule has 0 spiro atoms. The van der Waals surface area contributed by atoms with Crippen LogP contribution in [0, 0.1) is 0 Å². The molecule has 0 saturated heterocycles. The van der Waals surface area contributed by atoms with E-state index in [0.717, 1.165) is 11.4 Å². The molecule has 0 radical (unpaired) electrons. The summed E-state index contributed by atoms with van der Waals surface area (Å²) in [7, 11) is 0. The second-order valence-corrected chi connectivity index (χ2v) is 4.94. The Hall–Kier alpha value is -1.00. The number of alkyl halides is 1. The summed E-state index contributed by atoms with van der Waals surface area (Å²) in [5.74, 6) is 0. The van der Waals surface area contributed by atoms with Crippen molar-refractivity contribution in [2.24, 2.45) is 0 Å². The molecule has 0 N–H and O–H groups in total. The van der Waals surface area contributed by atoms with Crippen molar-refractivity contribution in [2.75, 3.05) is 6.26 Å². The molecular weight excluding hydrogens is 242 g/mol. The van der Waals surface area contributed by atoms with Crippen LogP contribution < -0.4 is 0 Å². The zero-order valence-electron chi connectivity index (χ0n) is 9.09. The predicted molar refractivity (Wildman–Crippen MR) is 67.4 cm³/mol. The third kappa shape index (κ3) is 2.39. The molecule has 84 valence electrons. The molecule has 0 aliphatic rings. The van der Waals surface area contributed by atoms with Gasteiger partial charge in [-0.2, -0.15) is 0 Å². The summed E-state index contributed by atoms with van der Waals surface area (Å²) < 4.78 is 1.73. The van der Waals surface area contributed by atoms with Crippen molar-refractivity contribution in [1.82, 2.24) is 15.0 Å². The fraction of sp³-hybridized carbons (Fsp3) is 0.273. The van der Waals surface area contributed by atoms with Gasteiger partial charge >= 0.3 is 0 Å². The van der Waals surface area contributed by atoms with Gasteiger partial charge in [0.2, 0.25) is 0 Å². The lowest BCUT2D eigenvalue weighted by Gasteiger charge is -2.01. The molecule has 5 heteroatoms. The minimum absolute atomic E-state index is 0.112. The summed E-state index contributed by atoms with van der Waals surface area (Å²) in [4.78, 5) is 1.23. The second kappa shape index (κ2) is 4.89. The second-order valence-electron chi connectivity index (χ2n) is 3.40. The summed E-state index contributed by atoms with van der Waals surface area (Å²) in [5, 5.41) is 7.94. The lowest BCUT2D eigenvalue weighted by Crippen LogP contribution is -1.94. The largest absolute Gasteiger partial charge is 0.220 e. The zero-order chi connectivity index (χ0) is 11.5. The Morgan fingerprint density at radius 2 is 2.00 bits per heavy atom. The van der Waals surface area contributed by atoms with Crippen LogP contribution >= 0.6 is 23.4 Å². The van der Waals surface area contributed by atoms with Gasteiger partial charge in [0.1, 0.15) is 5.69 Å². The van der Waals surface area contributed by atoms with E-state index in [4.69, 9.17) is 11.6 Å². The van der Waals surface area contributed by atoms with Crippen LogP contribution in [-0.2, 0) is 0 Å². The van der Waals surface area contributed by atoms with Gasteiger partial charge in [-0.3, -0.25) is 0 Å². The van der Waals surface area contributed by atoms with Crippen LogP contribution in [0.4, 0.5) is 0 Å². The number of thioether (sulfide) groups is 1. The Morgan fingerprint density at radius 1 is 1.31 bits per heavy atom. The molecule has 1 unspecified atom stereocenters. The topological polar surface area (TPSA) is 30.7 Å². The lowest BCUT2D eigenvalue weighted by molar-refractivity contribution is 0.796. The van der Waals surface area contributed by atoms with E-state index in [1.165, 1.54) is 4.90 Å². The van der Waals surface area contributed by atoms with Crippen molar-refractivity contribution < 1.29 is 0 Å². The van der Waals surface area contributed by atoms with Crippen LogP contribution in [0.15, 0.2) is 35.4 Å². The van der Waals surface area contributed by atoms with E-state index in [9.17, 15) is 0 Å². The van der Waals surface area contributed by atoms with Gasteiger partial charge in [0, 0.05) is 4.90 Å². The third-order valence-corrected chi connectivity index (χ3v) is 3.22. The van der Waals surface area contributed by atoms with Gasteiger partial charge in [0.05, 0.1) is 17.3 Å².